The van der Waals surface area contributed by atoms with E-state index >= 15 is 0 Å². The minimum atomic E-state index is 0.0469. The summed E-state index contributed by atoms with van der Waals surface area (Å²) in [7, 11) is 0. The van der Waals surface area contributed by atoms with Crippen molar-refractivity contribution in [3.05, 3.63) is 53.3 Å². The third-order valence-electron chi connectivity index (χ3n) is 2.77. The average Bonchev–Trinajstić information content (AvgIpc) is 2.70. The molecule has 0 fully saturated rings. The molecule has 0 radical (unpaired) electrons. The quantitative estimate of drug-likeness (QED) is 0.853. The Morgan fingerprint density at radius 2 is 2.12 bits per heavy atom. The second-order valence-corrected chi connectivity index (χ2v) is 4.19. The molecule has 3 heteroatoms. The lowest BCUT2D eigenvalue weighted by Crippen LogP contribution is -2.04. The Labute approximate surface area is 95.9 Å². The number of nitrogens with two attached hydrogens (primary N) is 1. The summed E-state index contributed by atoms with van der Waals surface area (Å²) in [5.41, 5.74) is 9.46. The van der Waals surface area contributed by atoms with Crippen molar-refractivity contribution in [2.75, 3.05) is 0 Å². The molecule has 2 aromatic rings. The van der Waals surface area contributed by atoms with E-state index in [0.717, 1.165) is 12.1 Å². The van der Waals surface area contributed by atoms with Gasteiger partial charge in [0.1, 0.15) is 0 Å². The molecule has 1 aromatic carbocycles. The van der Waals surface area contributed by atoms with Crippen molar-refractivity contribution < 1.29 is 0 Å². The maximum absolute atomic E-state index is 5.80. The van der Waals surface area contributed by atoms with E-state index in [0.29, 0.717) is 0 Å². The first-order valence-corrected chi connectivity index (χ1v) is 5.49. The van der Waals surface area contributed by atoms with Gasteiger partial charge in [-0.25, -0.2) is 0 Å². The van der Waals surface area contributed by atoms with Crippen molar-refractivity contribution in [2.24, 2.45) is 5.73 Å². The zero-order valence-electron chi connectivity index (χ0n) is 9.72. The summed E-state index contributed by atoms with van der Waals surface area (Å²) in [5, 5.41) is 4.31. The minimum absolute atomic E-state index is 0.0469. The normalized spacial score (nSPS) is 12.7. The van der Waals surface area contributed by atoms with Gasteiger partial charge in [0.25, 0.3) is 0 Å². The number of hydrogen-bond acceptors (Lipinski definition) is 2. The Bertz CT molecular complexity index is 472. The van der Waals surface area contributed by atoms with E-state index in [9.17, 15) is 0 Å². The fourth-order valence-electron chi connectivity index (χ4n) is 1.66. The van der Waals surface area contributed by atoms with Crippen LogP contribution in [-0.4, -0.2) is 9.78 Å². The highest BCUT2D eigenvalue weighted by molar-refractivity contribution is 5.25. The summed E-state index contributed by atoms with van der Waals surface area (Å²) in [6, 6.07) is 8.40. The highest BCUT2D eigenvalue weighted by Crippen LogP contribution is 2.11. The van der Waals surface area contributed by atoms with Crippen LogP contribution in [0.5, 0.6) is 0 Å². The predicted molar refractivity (Wildman–Crippen MR) is 65.1 cm³/mol. The largest absolute Gasteiger partial charge is 0.324 e. The highest BCUT2D eigenvalue weighted by Gasteiger charge is 2.04. The van der Waals surface area contributed by atoms with Crippen LogP contribution < -0.4 is 5.73 Å². The number of rotatable bonds is 3. The van der Waals surface area contributed by atoms with Gasteiger partial charge in [-0.05, 0) is 25.0 Å². The van der Waals surface area contributed by atoms with E-state index in [2.05, 4.69) is 36.3 Å². The molecule has 3 nitrogen and oxygen atoms in total. The van der Waals surface area contributed by atoms with E-state index < -0.39 is 0 Å². The van der Waals surface area contributed by atoms with Gasteiger partial charge < -0.3 is 5.73 Å². The first kappa shape index (κ1) is 10.9. The molecule has 0 bridgehead atoms. The van der Waals surface area contributed by atoms with Gasteiger partial charge in [0.15, 0.2) is 0 Å². The Morgan fingerprint density at radius 3 is 2.75 bits per heavy atom. The van der Waals surface area contributed by atoms with Crippen molar-refractivity contribution in [3.8, 4) is 0 Å². The van der Waals surface area contributed by atoms with Gasteiger partial charge in [0, 0.05) is 17.8 Å². The fraction of sp³-hybridized carbons (Fsp3) is 0.308. The van der Waals surface area contributed by atoms with Crippen molar-refractivity contribution in [1.82, 2.24) is 9.78 Å². The molecule has 16 heavy (non-hydrogen) atoms. The number of nitrogens with zero attached hydrogens (tertiary/aromatic N) is 2. The molecular formula is C13H17N3. The predicted octanol–water partition coefficient (Wildman–Crippen LogP) is 2.26. The number of hydrogen-bond donors (Lipinski definition) is 1. The maximum atomic E-state index is 5.80. The molecule has 1 heterocycles. The molecule has 0 aliphatic carbocycles. The van der Waals surface area contributed by atoms with Crippen LogP contribution in [0.15, 0.2) is 36.7 Å². The van der Waals surface area contributed by atoms with Gasteiger partial charge in [-0.2, -0.15) is 5.10 Å². The Morgan fingerprint density at radius 1 is 1.38 bits per heavy atom. The van der Waals surface area contributed by atoms with E-state index in [4.69, 9.17) is 5.73 Å². The summed E-state index contributed by atoms with van der Waals surface area (Å²) in [5.74, 6) is 0. The van der Waals surface area contributed by atoms with Gasteiger partial charge in [-0.15, -0.1) is 0 Å². The lowest BCUT2D eigenvalue weighted by Gasteiger charge is -2.05. The molecule has 1 unspecified atom stereocenters. The van der Waals surface area contributed by atoms with E-state index in [-0.39, 0.29) is 6.04 Å². The molecule has 0 aliphatic heterocycles. The van der Waals surface area contributed by atoms with Crippen molar-refractivity contribution in [1.29, 1.82) is 0 Å². The Balaban J connectivity index is 2.18. The van der Waals surface area contributed by atoms with Crippen LogP contribution >= 0.6 is 0 Å². The van der Waals surface area contributed by atoms with Gasteiger partial charge in [-0.3, -0.25) is 4.68 Å². The first-order chi connectivity index (χ1) is 7.66. The topological polar surface area (TPSA) is 43.8 Å². The van der Waals surface area contributed by atoms with Crippen LogP contribution in [0.25, 0.3) is 0 Å². The zero-order chi connectivity index (χ0) is 11.5. The van der Waals surface area contributed by atoms with E-state index in [1.54, 1.807) is 0 Å². The highest BCUT2D eigenvalue weighted by atomic mass is 15.3. The average molecular weight is 215 g/mol. The summed E-state index contributed by atoms with van der Waals surface area (Å²) >= 11 is 0. The van der Waals surface area contributed by atoms with Crippen LogP contribution in [0.4, 0.5) is 0 Å². The zero-order valence-corrected chi connectivity index (χ0v) is 9.72. The molecule has 84 valence electrons. The number of aryl methyl sites for hydroxylation is 1. The molecule has 2 rings (SSSR count). The molecule has 1 aromatic heterocycles. The van der Waals surface area contributed by atoms with Crippen molar-refractivity contribution in [3.63, 3.8) is 0 Å². The second-order valence-electron chi connectivity index (χ2n) is 4.19. The molecule has 0 aliphatic rings. The second kappa shape index (κ2) is 4.49. The molecule has 0 saturated heterocycles. The number of aromatic nitrogens is 2. The third-order valence-corrected chi connectivity index (χ3v) is 2.77. The molecule has 0 spiro atoms. The molecular weight excluding hydrogens is 198 g/mol. The summed E-state index contributed by atoms with van der Waals surface area (Å²) in [4.78, 5) is 0. The first-order valence-electron chi connectivity index (χ1n) is 5.49. The third kappa shape index (κ3) is 2.31. The van der Waals surface area contributed by atoms with Crippen molar-refractivity contribution >= 4 is 0 Å². The number of benzene rings is 1. The van der Waals surface area contributed by atoms with Crippen LogP contribution in [-0.2, 0) is 6.54 Å². The Hall–Kier alpha value is -1.61. The monoisotopic (exact) mass is 215 g/mol. The van der Waals surface area contributed by atoms with Crippen LogP contribution in [0, 0.1) is 6.92 Å². The van der Waals surface area contributed by atoms with Gasteiger partial charge in [0.2, 0.25) is 0 Å². The van der Waals surface area contributed by atoms with Crippen LogP contribution in [0.2, 0.25) is 0 Å². The lowest BCUT2D eigenvalue weighted by molar-refractivity contribution is 0.682. The molecule has 1 atom stereocenters. The van der Waals surface area contributed by atoms with Gasteiger partial charge >= 0.3 is 0 Å². The van der Waals surface area contributed by atoms with Crippen LogP contribution in [0.1, 0.15) is 29.7 Å². The van der Waals surface area contributed by atoms with E-state index in [1.165, 1.54) is 11.1 Å². The molecule has 0 saturated carbocycles. The van der Waals surface area contributed by atoms with Gasteiger partial charge in [-0.1, -0.05) is 24.3 Å². The van der Waals surface area contributed by atoms with Crippen molar-refractivity contribution in [2.45, 2.75) is 26.4 Å². The minimum Gasteiger partial charge on any atom is -0.324 e. The van der Waals surface area contributed by atoms with E-state index in [1.807, 2.05) is 24.0 Å². The summed E-state index contributed by atoms with van der Waals surface area (Å²) in [6.45, 7) is 4.89. The van der Waals surface area contributed by atoms with Crippen LogP contribution in [0.3, 0.4) is 0 Å². The maximum Gasteiger partial charge on any atom is 0.0662 e. The molecule has 2 N–H and O–H groups in total. The molecule has 0 amide bonds. The summed E-state index contributed by atoms with van der Waals surface area (Å²) < 4.78 is 1.93. The fourth-order valence-corrected chi connectivity index (χ4v) is 1.66. The lowest BCUT2D eigenvalue weighted by atomic mass is 10.1. The standard InChI is InChI=1S/C13H17N3/c1-10-5-3-4-6-12(10)8-16-9-13(7-15-16)11(2)14/h3-7,9,11H,8,14H2,1-2H3. The SMILES string of the molecule is Cc1ccccc1Cn1cc(C(C)N)cn1. The van der Waals surface area contributed by atoms with Gasteiger partial charge in [0.05, 0.1) is 12.7 Å². The summed E-state index contributed by atoms with van der Waals surface area (Å²) in [6.07, 6.45) is 3.85. The smallest absolute Gasteiger partial charge is 0.0662 e. The Kier molecular flexibility index (Phi) is 3.06.